The van der Waals surface area contributed by atoms with Crippen molar-refractivity contribution in [1.82, 2.24) is 4.98 Å². The van der Waals surface area contributed by atoms with Crippen LogP contribution in [0, 0.1) is 0 Å². The third-order valence-electron chi connectivity index (χ3n) is 4.13. The van der Waals surface area contributed by atoms with Crippen LogP contribution in [0.5, 0.6) is 5.75 Å². The van der Waals surface area contributed by atoms with Crippen LogP contribution < -0.4 is 16.0 Å². The summed E-state index contributed by atoms with van der Waals surface area (Å²) < 4.78 is 6.02. The van der Waals surface area contributed by atoms with Crippen molar-refractivity contribution in [3.05, 3.63) is 52.4 Å². The van der Waals surface area contributed by atoms with E-state index in [-0.39, 0.29) is 11.6 Å². The fourth-order valence-electron chi connectivity index (χ4n) is 2.80. The van der Waals surface area contributed by atoms with E-state index in [1.165, 1.54) is 12.4 Å². The fourth-order valence-corrected chi connectivity index (χ4v) is 3.64. The summed E-state index contributed by atoms with van der Waals surface area (Å²) in [4.78, 5) is 27.6. The zero-order chi connectivity index (χ0) is 20.6. The molecule has 0 spiro atoms. The minimum absolute atomic E-state index is 0.0999. The first-order valence-corrected chi connectivity index (χ1v) is 10.5. The predicted molar refractivity (Wildman–Crippen MR) is 121 cm³/mol. The highest BCUT2D eigenvalue weighted by atomic mass is 32.2. The molecular formula is C21H25N5O2S. The van der Waals surface area contributed by atoms with E-state index < -0.39 is 0 Å². The average molecular weight is 412 g/mol. The summed E-state index contributed by atoms with van der Waals surface area (Å²) in [6.07, 6.45) is 3.83. The normalized spacial score (nSPS) is 15.7. The number of hydrogen-bond donors (Lipinski definition) is 2. The lowest BCUT2D eigenvalue weighted by atomic mass is 10.0. The van der Waals surface area contributed by atoms with Crippen LogP contribution in [0.25, 0.3) is 11.1 Å². The number of aromatic nitrogens is 1. The van der Waals surface area contributed by atoms with Gasteiger partial charge in [-0.1, -0.05) is 12.1 Å². The van der Waals surface area contributed by atoms with Gasteiger partial charge in [-0.05, 0) is 43.5 Å². The summed E-state index contributed by atoms with van der Waals surface area (Å²) in [5, 5.41) is 0.790. The minimum Gasteiger partial charge on any atom is -0.493 e. The molecule has 0 radical (unpaired) electrons. The predicted octanol–water partition coefficient (Wildman–Crippen LogP) is 3.25. The molecule has 29 heavy (non-hydrogen) atoms. The molecular weight excluding hydrogens is 386 g/mol. The van der Waals surface area contributed by atoms with E-state index in [1.807, 2.05) is 32.0 Å². The number of amidine groups is 1. The van der Waals surface area contributed by atoms with Crippen LogP contribution in [0.3, 0.4) is 0 Å². The average Bonchev–Trinajstić information content (AvgIpc) is 2.71. The van der Waals surface area contributed by atoms with E-state index in [0.29, 0.717) is 19.0 Å². The van der Waals surface area contributed by atoms with Crippen LogP contribution in [-0.4, -0.2) is 40.6 Å². The number of aromatic amines is 1. The molecule has 1 aliphatic rings. The third kappa shape index (κ3) is 5.80. The molecule has 3 N–H and O–H groups in total. The van der Waals surface area contributed by atoms with Gasteiger partial charge in [0.25, 0.3) is 0 Å². The number of nitrogens with two attached hydrogens (primary N) is 1. The lowest BCUT2D eigenvalue weighted by molar-refractivity contribution is 0.315. The number of fused-ring (bicyclic) bond motifs is 1. The van der Waals surface area contributed by atoms with Crippen molar-refractivity contribution < 1.29 is 4.74 Å². The number of H-pyrrole nitrogens is 1. The zero-order valence-corrected chi connectivity index (χ0v) is 17.4. The van der Waals surface area contributed by atoms with Gasteiger partial charge in [-0.25, -0.2) is 4.99 Å². The smallest absolute Gasteiger partial charge is 0.247 e. The van der Waals surface area contributed by atoms with Crippen molar-refractivity contribution in [2.45, 2.75) is 32.9 Å². The second-order valence-corrected chi connectivity index (χ2v) is 7.84. The maximum Gasteiger partial charge on any atom is 0.247 e. The van der Waals surface area contributed by atoms with Gasteiger partial charge in [0.05, 0.1) is 19.5 Å². The van der Waals surface area contributed by atoms with Gasteiger partial charge in [-0.3, -0.25) is 14.8 Å². The SMILES string of the molecule is CC(C)N=C(N=CN)C1=NCc2ccc(-c3ccc(=O)[nH]c3)cc2OCCCS1. The summed E-state index contributed by atoms with van der Waals surface area (Å²) in [6, 6.07) is 9.42. The summed E-state index contributed by atoms with van der Waals surface area (Å²) in [6.45, 7) is 5.07. The van der Waals surface area contributed by atoms with Gasteiger partial charge in [0.2, 0.25) is 5.56 Å². The van der Waals surface area contributed by atoms with Gasteiger partial charge in [-0.2, -0.15) is 0 Å². The molecule has 0 atom stereocenters. The van der Waals surface area contributed by atoms with E-state index in [2.05, 4.69) is 15.0 Å². The van der Waals surface area contributed by atoms with Crippen molar-refractivity contribution in [3.63, 3.8) is 0 Å². The topological polar surface area (TPSA) is 105 Å². The molecule has 0 fully saturated rings. The molecule has 0 unspecified atom stereocenters. The molecule has 0 bridgehead atoms. The number of thioether (sulfide) groups is 1. The van der Waals surface area contributed by atoms with Crippen molar-refractivity contribution >= 4 is 29.0 Å². The van der Waals surface area contributed by atoms with Gasteiger partial charge in [0.15, 0.2) is 5.84 Å². The van der Waals surface area contributed by atoms with E-state index in [9.17, 15) is 4.79 Å². The quantitative estimate of drug-likeness (QED) is 0.597. The lowest BCUT2D eigenvalue weighted by Crippen LogP contribution is -2.15. The molecule has 8 heteroatoms. The Morgan fingerprint density at radius 3 is 2.86 bits per heavy atom. The highest BCUT2D eigenvalue weighted by Gasteiger charge is 2.14. The Bertz CT molecular complexity index is 974. The first kappa shape index (κ1) is 20.9. The molecule has 0 saturated heterocycles. The summed E-state index contributed by atoms with van der Waals surface area (Å²) >= 11 is 1.62. The first-order chi connectivity index (χ1) is 14.1. The standard InChI is InChI=1S/C21H25N5O2S/c1-14(2)26-20(25-13-22)21-24-12-17-5-4-15(16-6-7-19(27)23-11-16)10-18(17)28-8-3-9-29-21/h4-7,10-11,13-14H,3,8-9,12H2,1-2H3,(H,23,27)(H2,22,25,26). The van der Waals surface area contributed by atoms with Crippen LogP contribution >= 0.6 is 11.8 Å². The van der Waals surface area contributed by atoms with Gasteiger partial charge in [0, 0.05) is 29.6 Å². The Balaban J connectivity index is 1.94. The highest BCUT2D eigenvalue weighted by Crippen LogP contribution is 2.28. The van der Waals surface area contributed by atoms with Gasteiger partial charge < -0.3 is 15.5 Å². The summed E-state index contributed by atoms with van der Waals surface area (Å²) in [7, 11) is 0. The Kier molecular flexibility index (Phi) is 7.24. The van der Waals surface area contributed by atoms with Gasteiger partial charge in [0.1, 0.15) is 10.8 Å². The van der Waals surface area contributed by atoms with Crippen molar-refractivity contribution in [2.24, 2.45) is 20.7 Å². The molecule has 0 saturated carbocycles. The van der Waals surface area contributed by atoms with Crippen molar-refractivity contribution in [2.75, 3.05) is 12.4 Å². The Hall–Kier alpha value is -2.87. The largest absolute Gasteiger partial charge is 0.493 e. The Morgan fingerprint density at radius 1 is 1.31 bits per heavy atom. The summed E-state index contributed by atoms with van der Waals surface area (Å²) in [5.74, 6) is 2.22. The summed E-state index contributed by atoms with van der Waals surface area (Å²) in [5.41, 5.74) is 8.28. The molecule has 3 rings (SSSR count). The monoisotopic (exact) mass is 411 g/mol. The number of pyridine rings is 1. The maximum absolute atomic E-state index is 11.3. The number of hydrogen-bond acceptors (Lipinski definition) is 5. The van der Waals surface area contributed by atoms with E-state index in [1.54, 1.807) is 24.0 Å². The minimum atomic E-state index is -0.123. The van der Waals surface area contributed by atoms with Crippen LogP contribution in [0.2, 0.25) is 0 Å². The zero-order valence-electron chi connectivity index (χ0n) is 16.6. The van der Waals surface area contributed by atoms with Crippen LogP contribution in [0.1, 0.15) is 25.8 Å². The number of rotatable bonds is 3. The number of nitrogens with zero attached hydrogens (tertiary/aromatic N) is 3. The van der Waals surface area contributed by atoms with E-state index in [4.69, 9.17) is 15.5 Å². The number of nitrogens with one attached hydrogen (secondary N) is 1. The van der Waals surface area contributed by atoms with Gasteiger partial charge in [-0.15, -0.1) is 11.8 Å². The van der Waals surface area contributed by atoms with Crippen LogP contribution in [-0.2, 0) is 6.54 Å². The highest BCUT2D eigenvalue weighted by molar-refractivity contribution is 8.15. The van der Waals surface area contributed by atoms with Gasteiger partial charge >= 0.3 is 0 Å². The number of ether oxygens (including phenoxy) is 1. The fraction of sp³-hybridized carbons (Fsp3) is 0.333. The maximum atomic E-state index is 11.3. The molecule has 0 amide bonds. The number of aliphatic imine (C=N–C) groups is 3. The van der Waals surface area contributed by atoms with E-state index >= 15 is 0 Å². The third-order valence-corrected chi connectivity index (χ3v) is 5.21. The number of benzene rings is 1. The molecule has 2 aromatic rings. The lowest BCUT2D eigenvalue weighted by Gasteiger charge is -2.15. The molecule has 1 aliphatic heterocycles. The molecule has 1 aromatic heterocycles. The van der Waals surface area contributed by atoms with Crippen molar-refractivity contribution in [1.29, 1.82) is 0 Å². The Labute approximate surface area is 174 Å². The van der Waals surface area contributed by atoms with Crippen LogP contribution in [0.15, 0.2) is 56.3 Å². The molecule has 0 aliphatic carbocycles. The first-order valence-electron chi connectivity index (χ1n) is 9.51. The second kappa shape index (κ2) is 10.1. The molecule has 2 heterocycles. The second-order valence-electron chi connectivity index (χ2n) is 6.76. The Morgan fingerprint density at radius 2 is 2.14 bits per heavy atom. The van der Waals surface area contributed by atoms with Crippen LogP contribution in [0.4, 0.5) is 0 Å². The molecule has 1 aromatic carbocycles. The van der Waals surface area contributed by atoms with Crippen molar-refractivity contribution in [3.8, 4) is 16.9 Å². The molecule has 7 nitrogen and oxygen atoms in total. The molecule has 152 valence electrons. The van der Waals surface area contributed by atoms with E-state index in [0.717, 1.165) is 39.7 Å².